The lowest BCUT2D eigenvalue weighted by atomic mass is 9.98. The first-order valence-corrected chi connectivity index (χ1v) is 6.06. The van der Waals surface area contributed by atoms with Gasteiger partial charge in [-0.1, -0.05) is 0 Å². The van der Waals surface area contributed by atoms with Gasteiger partial charge in [-0.25, -0.2) is 4.79 Å². The molecule has 1 heterocycles. The third kappa shape index (κ3) is 5.32. The Balaban J connectivity index is 1.93. The van der Waals surface area contributed by atoms with E-state index < -0.39 is 0 Å². The second kappa shape index (κ2) is 7.46. The SMILES string of the molecule is CN(C)C(=O)NCCNCC1CCNCC1. The van der Waals surface area contributed by atoms with Crippen LogP contribution in [-0.2, 0) is 0 Å². The molecule has 16 heavy (non-hydrogen) atoms. The Kier molecular flexibility index (Phi) is 6.18. The van der Waals surface area contributed by atoms with Crippen LogP contribution in [-0.4, -0.2) is 57.8 Å². The van der Waals surface area contributed by atoms with E-state index in [1.54, 1.807) is 19.0 Å². The quantitative estimate of drug-likeness (QED) is 0.574. The summed E-state index contributed by atoms with van der Waals surface area (Å²) in [7, 11) is 3.50. The highest BCUT2D eigenvalue weighted by atomic mass is 16.2. The fourth-order valence-corrected chi connectivity index (χ4v) is 1.81. The van der Waals surface area contributed by atoms with Crippen LogP contribution in [0.5, 0.6) is 0 Å². The van der Waals surface area contributed by atoms with E-state index in [-0.39, 0.29) is 6.03 Å². The van der Waals surface area contributed by atoms with Gasteiger partial charge < -0.3 is 20.9 Å². The van der Waals surface area contributed by atoms with Gasteiger partial charge >= 0.3 is 6.03 Å². The van der Waals surface area contributed by atoms with Gasteiger partial charge in [0.1, 0.15) is 0 Å². The summed E-state index contributed by atoms with van der Waals surface area (Å²) in [5.74, 6) is 0.797. The zero-order valence-corrected chi connectivity index (χ0v) is 10.4. The molecular formula is C11H24N4O. The number of carbonyl (C=O) groups is 1. The van der Waals surface area contributed by atoms with E-state index in [1.807, 2.05) is 0 Å². The van der Waals surface area contributed by atoms with Crippen LogP contribution in [0.15, 0.2) is 0 Å². The van der Waals surface area contributed by atoms with Crippen molar-refractivity contribution in [2.45, 2.75) is 12.8 Å². The van der Waals surface area contributed by atoms with Crippen molar-refractivity contribution in [2.24, 2.45) is 5.92 Å². The molecule has 0 bridgehead atoms. The Hall–Kier alpha value is -0.810. The highest BCUT2D eigenvalue weighted by molar-refractivity contribution is 5.73. The fraction of sp³-hybridized carbons (Fsp3) is 0.909. The number of rotatable bonds is 5. The molecule has 0 radical (unpaired) electrons. The normalized spacial score (nSPS) is 17.1. The van der Waals surface area contributed by atoms with E-state index in [4.69, 9.17) is 0 Å². The third-order valence-electron chi connectivity index (χ3n) is 2.88. The predicted molar refractivity (Wildman–Crippen MR) is 65.5 cm³/mol. The molecule has 0 aromatic rings. The van der Waals surface area contributed by atoms with Gasteiger partial charge in [-0.15, -0.1) is 0 Å². The highest BCUT2D eigenvalue weighted by Crippen LogP contribution is 2.09. The summed E-state index contributed by atoms with van der Waals surface area (Å²) >= 11 is 0. The van der Waals surface area contributed by atoms with Gasteiger partial charge in [0.05, 0.1) is 0 Å². The maximum atomic E-state index is 11.2. The summed E-state index contributed by atoms with van der Waals surface area (Å²) in [6.45, 7) is 4.90. The minimum atomic E-state index is -0.0244. The Morgan fingerprint density at radius 2 is 2.00 bits per heavy atom. The number of hydrogen-bond acceptors (Lipinski definition) is 3. The molecule has 0 spiro atoms. The van der Waals surface area contributed by atoms with Crippen molar-refractivity contribution in [1.82, 2.24) is 20.9 Å². The highest BCUT2D eigenvalue weighted by Gasteiger charge is 2.11. The molecule has 1 aliphatic heterocycles. The maximum absolute atomic E-state index is 11.2. The van der Waals surface area contributed by atoms with Crippen LogP contribution in [0.1, 0.15) is 12.8 Å². The van der Waals surface area contributed by atoms with E-state index in [0.29, 0.717) is 6.54 Å². The van der Waals surface area contributed by atoms with Crippen LogP contribution in [0.4, 0.5) is 4.79 Å². The van der Waals surface area contributed by atoms with E-state index in [2.05, 4.69) is 16.0 Å². The van der Waals surface area contributed by atoms with Gasteiger partial charge in [0.15, 0.2) is 0 Å². The molecule has 5 nitrogen and oxygen atoms in total. The predicted octanol–water partition coefficient (Wildman–Crippen LogP) is -0.153. The van der Waals surface area contributed by atoms with E-state index >= 15 is 0 Å². The van der Waals surface area contributed by atoms with Crippen LogP contribution in [0, 0.1) is 5.92 Å². The molecule has 1 rings (SSSR count). The molecule has 0 aliphatic carbocycles. The number of amides is 2. The molecule has 0 aromatic carbocycles. The summed E-state index contributed by atoms with van der Waals surface area (Å²) in [4.78, 5) is 12.7. The summed E-state index contributed by atoms with van der Waals surface area (Å²) in [6.07, 6.45) is 2.52. The van der Waals surface area contributed by atoms with E-state index in [0.717, 1.165) is 32.1 Å². The second-order valence-corrected chi connectivity index (χ2v) is 4.52. The lowest BCUT2D eigenvalue weighted by Crippen LogP contribution is -2.40. The van der Waals surface area contributed by atoms with Crippen molar-refractivity contribution in [3.8, 4) is 0 Å². The summed E-state index contributed by atoms with van der Waals surface area (Å²) in [5.41, 5.74) is 0. The Morgan fingerprint density at radius 1 is 1.31 bits per heavy atom. The first-order chi connectivity index (χ1) is 7.70. The Morgan fingerprint density at radius 3 is 2.62 bits per heavy atom. The zero-order valence-electron chi connectivity index (χ0n) is 10.4. The molecule has 3 N–H and O–H groups in total. The molecular weight excluding hydrogens is 204 g/mol. The van der Waals surface area contributed by atoms with Gasteiger partial charge in [-0.3, -0.25) is 0 Å². The van der Waals surface area contributed by atoms with Crippen LogP contribution in [0.2, 0.25) is 0 Å². The number of hydrogen-bond donors (Lipinski definition) is 3. The van der Waals surface area contributed by atoms with E-state index in [1.165, 1.54) is 12.8 Å². The molecule has 5 heteroatoms. The zero-order chi connectivity index (χ0) is 11.8. The number of piperidine rings is 1. The monoisotopic (exact) mass is 228 g/mol. The molecule has 94 valence electrons. The summed E-state index contributed by atoms with van der Waals surface area (Å²) in [5, 5.41) is 9.57. The lowest BCUT2D eigenvalue weighted by molar-refractivity contribution is 0.217. The van der Waals surface area contributed by atoms with Gasteiger partial charge in [-0.05, 0) is 38.4 Å². The van der Waals surface area contributed by atoms with Crippen LogP contribution in [0.3, 0.4) is 0 Å². The topological polar surface area (TPSA) is 56.4 Å². The smallest absolute Gasteiger partial charge is 0.316 e. The average Bonchev–Trinajstić information content (AvgIpc) is 2.29. The molecule has 0 unspecified atom stereocenters. The van der Waals surface area contributed by atoms with Crippen molar-refractivity contribution in [3.05, 3.63) is 0 Å². The second-order valence-electron chi connectivity index (χ2n) is 4.52. The minimum Gasteiger partial charge on any atom is -0.337 e. The minimum absolute atomic E-state index is 0.0244. The first-order valence-electron chi connectivity index (χ1n) is 6.06. The van der Waals surface area contributed by atoms with Crippen molar-refractivity contribution in [2.75, 3.05) is 46.8 Å². The molecule has 1 fully saturated rings. The molecule has 0 saturated carbocycles. The summed E-state index contributed by atoms with van der Waals surface area (Å²) in [6, 6.07) is -0.0244. The number of urea groups is 1. The Labute approximate surface area is 98.0 Å². The van der Waals surface area contributed by atoms with Crippen molar-refractivity contribution >= 4 is 6.03 Å². The average molecular weight is 228 g/mol. The molecule has 0 aromatic heterocycles. The molecule has 1 aliphatic rings. The van der Waals surface area contributed by atoms with Crippen molar-refractivity contribution < 1.29 is 4.79 Å². The van der Waals surface area contributed by atoms with Crippen molar-refractivity contribution in [3.63, 3.8) is 0 Å². The van der Waals surface area contributed by atoms with Crippen LogP contribution < -0.4 is 16.0 Å². The largest absolute Gasteiger partial charge is 0.337 e. The van der Waals surface area contributed by atoms with Gasteiger partial charge in [0.25, 0.3) is 0 Å². The van der Waals surface area contributed by atoms with Crippen molar-refractivity contribution in [1.29, 1.82) is 0 Å². The van der Waals surface area contributed by atoms with Gasteiger partial charge in [0.2, 0.25) is 0 Å². The molecule has 0 atom stereocenters. The summed E-state index contributed by atoms with van der Waals surface area (Å²) < 4.78 is 0. The van der Waals surface area contributed by atoms with Gasteiger partial charge in [-0.2, -0.15) is 0 Å². The number of nitrogens with zero attached hydrogens (tertiary/aromatic N) is 1. The van der Waals surface area contributed by atoms with E-state index in [9.17, 15) is 4.79 Å². The van der Waals surface area contributed by atoms with Gasteiger partial charge in [0, 0.05) is 27.2 Å². The maximum Gasteiger partial charge on any atom is 0.316 e. The first kappa shape index (κ1) is 13.3. The molecule has 2 amide bonds. The van der Waals surface area contributed by atoms with Crippen LogP contribution >= 0.6 is 0 Å². The fourth-order valence-electron chi connectivity index (χ4n) is 1.81. The Bertz CT molecular complexity index is 202. The number of carbonyl (C=O) groups excluding carboxylic acids is 1. The number of nitrogens with one attached hydrogen (secondary N) is 3. The third-order valence-corrected chi connectivity index (χ3v) is 2.88. The standard InChI is InChI=1S/C11H24N4O/c1-15(2)11(16)14-8-7-13-9-10-3-5-12-6-4-10/h10,12-13H,3-9H2,1-2H3,(H,14,16). The lowest BCUT2D eigenvalue weighted by Gasteiger charge is -2.22. The molecule has 1 saturated heterocycles. The van der Waals surface area contributed by atoms with Crippen LogP contribution in [0.25, 0.3) is 0 Å².